The molecule has 0 spiro atoms. The molecule has 0 saturated carbocycles. The molecule has 0 radical (unpaired) electrons. The number of anilines is 1. The topological polar surface area (TPSA) is 68.0 Å². The average molecular weight is 478 g/mol. The molecule has 28 heavy (non-hydrogen) atoms. The molecule has 1 N–H and O–H groups in total. The lowest BCUT2D eigenvalue weighted by atomic mass is 10.1. The third kappa shape index (κ3) is 3.96. The molecule has 0 aliphatic rings. The number of hydrogen-bond acceptors (Lipinski definition) is 6. The third-order valence-electron chi connectivity index (χ3n) is 4.04. The zero-order valence-corrected chi connectivity index (χ0v) is 17.8. The summed E-state index contributed by atoms with van der Waals surface area (Å²) in [5, 5.41) is 12.0. The Morgan fingerprint density at radius 2 is 2.11 bits per heavy atom. The SMILES string of the molecule is Cc1c(C(=O)Nc2nnc(SCc3ccccc3F)s2)oc2ccc(Br)cc12. The molecule has 0 aliphatic carbocycles. The van der Waals surface area contributed by atoms with Gasteiger partial charge in [-0.3, -0.25) is 10.1 Å². The highest BCUT2D eigenvalue weighted by molar-refractivity contribution is 9.10. The number of benzene rings is 2. The second-order valence-corrected chi connectivity index (χ2v) is 9.02. The Morgan fingerprint density at radius 3 is 2.93 bits per heavy atom. The molecule has 2 aromatic carbocycles. The number of thioether (sulfide) groups is 1. The average Bonchev–Trinajstić information content (AvgIpc) is 3.25. The molecule has 0 bridgehead atoms. The largest absolute Gasteiger partial charge is 0.451 e. The number of carbonyl (C=O) groups is 1. The predicted molar refractivity (Wildman–Crippen MR) is 112 cm³/mol. The number of furan rings is 1. The normalized spacial score (nSPS) is 11.1. The monoisotopic (exact) mass is 477 g/mol. The molecule has 1 amide bonds. The summed E-state index contributed by atoms with van der Waals surface area (Å²) in [5.41, 5.74) is 1.99. The van der Waals surface area contributed by atoms with Gasteiger partial charge in [0, 0.05) is 21.2 Å². The number of aromatic nitrogens is 2. The van der Waals surface area contributed by atoms with Gasteiger partial charge >= 0.3 is 0 Å². The summed E-state index contributed by atoms with van der Waals surface area (Å²) in [7, 11) is 0. The van der Waals surface area contributed by atoms with Crippen molar-refractivity contribution < 1.29 is 13.6 Å². The van der Waals surface area contributed by atoms with E-state index in [9.17, 15) is 9.18 Å². The summed E-state index contributed by atoms with van der Waals surface area (Å²) in [6.07, 6.45) is 0. The smallest absolute Gasteiger partial charge is 0.293 e. The zero-order chi connectivity index (χ0) is 19.7. The van der Waals surface area contributed by atoms with E-state index in [0.29, 0.717) is 26.4 Å². The van der Waals surface area contributed by atoms with Crippen molar-refractivity contribution >= 4 is 61.0 Å². The Labute approximate surface area is 176 Å². The minimum Gasteiger partial charge on any atom is -0.451 e. The van der Waals surface area contributed by atoms with Crippen LogP contribution < -0.4 is 5.32 Å². The van der Waals surface area contributed by atoms with Crippen molar-refractivity contribution in [3.63, 3.8) is 0 Å². The fraction of sp³-hybridized carbons (Fsp3) is 0.105. The summed E-state index contributed by atoms with van der Waals surface area (Å²) in [6, 6.07) is 12.2. The van der Waals surface area contributed by atoms with E-state index in [4.69, 9.17) is 4.42 Å². The highest BCUT2D eigenvalue weighted by Gasteiger charge is 2.19. The van der Waals surface area contributed by atoms with Crippen LogP contribution in [0.5, 0.6) is 0 Å². The number of fused-ring (bicyclic) bond motifs is 1. The maximum absolute atomic E-state index is 13.7. The van der Waals surface area contributed by atoms with Crippen molar-refractivity contribution in [1.82, 2.24) is 10.2 Å². The van der Waals surface area contributed by atoms with Crippen LogP contribution in [0.15, 0.2) is 55.7 Å². The van der Waals surface area contributed by atoms with Gasteiger partial charge < -0.3 is 4.42 Å². The molecule has 0 aliphatic heterocycles. The summed E-state index contributed by atoms with van der Waals surface area (Å²) in [4.78, 5) is 12.6. The van der Waals surface area contributed by atoms with Gasteiger partial charge in [0.25, 0.3) is 5.91 Å². The second-order valence-electron chi connectivity index (χ2n) is 5.90. The molecule has 5 nitrogen and oxygen atoms in total. The molecule has 142 valence electrons. The highest BCUT2D eigenvalue weighted by Crippen LogP contribution is 2.31. The summed E-state index contributed by atoms with van der Waals surface area (Å²) in [5.74, 6) is 0.0443. The van der Waals surface area contributed by atoms with E-state index in [1.807, 2.05) is 25.1 Å². The van der Waals surface area contributed by atoms with Crippen LogP contribution in [0.4, 0.5) is 9.52 Å². The van der Waals surface area contributed by atoms with Gasteiger partial charge in [-0.1, -0.05) is 57.2 Å². The minimum absolute atomic E-state index is 0.240. The van der Waals surface area contributed by atoms with Crippen molar-refractivity contribution in [2.24, 2.45) is 0 Å². The summed E-state index contributed by atoms with van der Waals surface area (Å²) in [6.45, 7) is 1.84. The summed E-state index contributed by atoms with van der Waals surface area (Å²) >= 11 is 6.02. The first-order valence-corrected chi connectivity index (χ1v) is 10.8. The van der Waals surface area contributed by atoms with Gasteiger partial charge in [0.2, 0.25) is 5.13 Å². The van der Waals surface area contributed by atoms with Gasteiger partial charge in [-0.2, -0.15) is 0 Å². The van der Waals surface area contributed by atoms with E-state index >= 15 is 0 Å². The first kappa shape index (κ1) is 19.1. The molecular weight excluding hydrogens is 465 g/mol. The molecular formula is C19H13BrFN3O2S2. The van der Waals surface area contributed by atoms with Crippen LogP contribution in [0, 0.1) is 12.7 Å². The Balaban J connectivity index is 1.46. The molecule has 2 heterocycles. The Bertz CT molecular complexity index is 1180. The molecule has 0 saturated heterocycles. The van der Waals surface area contributed by atoms with Crippen molar-refractivity contribution in [1.29, 1.82) is 0 Å². The van der Waals surface area contributed by atoms with Crippen LogP contribution in [-0.4, -0.2) is 16.1 Å². The molecule has 0 unspecified atom stereocenters. The molecule has 2 aromatic heterocycles. The van der Waals surface area contributed by atoms with Crippen LogP contribution >= 0.6 is 39.0 Å². The molecule has 4 rings (SSSR count). The molecule has 9 heteroatoms. The van der Waals surface area contributed by atoms with Gasteiger partial charge in [-0.05, 0) is 36.8 Å². The van der Waals surface area contributed by atoms with E-state index in [1.54, 1.807) is 18.2 Å². The van der Waals surface area contributed by atoms with Crippen LogP contribution in [0.3, 0.4) is 0 Å². The highest BCUT2D eigenvalue weighted by atomic mass is 79.9. The van der Waals surface area contributed by atoms with Crippen molar-refractivity contribution in [2.75, 3.05) is 5.32 Å². The van der Waals surface area contributed by atoms with Crippen LogP contribution in [0.2, 0.25) is 0 Å². The van der Waals surface area contributed by atoms with Crippen molar-refractivity contribution in [3.8, 4) is 0 Å². The number of halogens is 2. The lowest BCUT2D eigenvalue weighted by molar-refractivity contribution is 0.0998. The Morgan fingerprint density at radius 1 is 1.29 bits per heavy atom. The van der Waals surface area contributed by atoms with E-state index < -0.39 is 0 Å². The number of aryl methyl sites for hydroxylation is 1. The minimum atomic E-state index is -0.383. The molecule has 0 fully saturated rings. The second kappa shape index (κ2) is 8.02. The Kier molecular flexibility index (Phi) is 5.47. The van der Waals surface area contributed by atoms with Gasteiger partial charge in [0.15, 0.2) is 10.1 Å². The van der Waals surface area contributed by atoms with E-state index in [1.165, 1.54) is 29.2 Å². The standard InChI is InChI=1S/C19H13BrFN3O2S2/c1-10-13-8-12(20)6-7-15(13)26-16(10)17(25)22-18-23-24-19(28-18)27-9-11-4-2-3-5-14(11)21/h2-8H,9H2,1H3,(H,22,23,25). The lowest BCUT2D eigenvalue weighted by Crippen LogP contribution is -2.11. The predicted octanol–water partition coefficient (Wildman–Crippen LogP) is 6.04. The van der Waals surface area contributed by atoms with E-state index in [2.05, 4.69) is 31.4 Å². The van der Waals surface area contributed by atoms with Crippen LogP contribution in [-0.2, 0) is 5.75 Å². The van der Waals surface area contributed by atoms with Gasteiger partial charge in [0.05, 0.1) is 0 Å². The Hall–Kier alpha value is -2.23. The number of hydrogen-bond donors (Lipinski definition) is 1. The van der Waals surface area contributed by atoms with Gasteiger partial charge in [0.1, 0.15) is 11.4 Å². The number of carbonyl (C=O) groups excluding carboxylic acids is 1. The first-order chi connectivity index (χ1) is 13.5. The third-order valence-corrected chi connectivity index (χ3v) is 6.55. The summed E-state index contributed by atoms with van der Waals surface area (Å²) < 4.78 is 20.9. The lowest BCUT2D eigenvalue weighted by Gasteiger charge is -2.00. The van der Waals surface area contributed by atoms with E-state index in [-0.39, 0.29) is 17.5 Å². The van der Waals surface area contributed by atoms with Gasteiger partial charge in [-0.25, -0.2) is 4.39 Å². The first-order valence-electron chi connectivity index (χ1n) is 8.21. The van der Waals surface area contributed by atoms with E-state index in [0.717, 1.165) is 15.4 Å². The maximum Gasteiger partial charge on any atom is 0.293 e. The van der Waals surface area contributed by atoms with Crippen molar-refractivity contribution in [2.45, 2.75) is 17.0 Å². The number of nitrogens with zero attached hydrogens (tertiary/aromatic N) is 2. The maximum atomic E-state index is 13.7. The van der Waals surface area contributed by atoms with Gasteiger partial charge in [-0.15, -0.1) is 10.2 Å². The fourth-order valence-electron chi connectivity index (χ4n) is 2.64. The van der Waals surface area contributed by atoms with Crippen LogP contribution in [0.25, 0.3) is 11.0 Å². The zero-order valence-electron chi connectivity index (χ0n) is 14.5. The fourth-order valence-corrected chi connectivity index (χ4v) is 4.73. The number of nitrogens with one attached hydrogen (secondary N) is 1. The number of amides is 1. The van der Waals surface area contributed by atoms with Crippen molar-refractivity contribution in [3.05, 3.63) is 69.6 Å². The molecule has 4 aromatic rings. The van der Waals surface area contributed by atoms with Crippen LogP contribution in [0.1, 0.15) is 21.7 Å². The quantitative estimate of drug-likeness (QED) is 0.280. The number of rotatable bonds is 5. The molecule has 0 atom stereocenters.